The zero-order chi connectivity index (χ0) is 17.9. The zero-order valence-corrected chi connectivity index (χ0v) is 14.6. The standard InChI is InChI=1S/C16H18FN3O3S/c1-16(2,3)14-18-8-12(24-14)13(21)19-9-5-6-10(17)11(7-9)20-15(22)23-4/h5-8H,1-4H3,(H,19,21)(H,20,22). The van der Waals surface area contributed by atoms with E-state index >= 15 is 0 Å². The van der Waals surface area contributed by atoms with E-state index in [1.54, 1.807) is 0 Å². The molecule has 0 radical (unpaired) electrons. The number of benzene rings is 1. The quantitative estimate of drug-likeness (QED) is 0.875. The second kappa shape index (κ2) is 6.96. The summed E-state index contributed by atoms with van der Waals surface area (Å²) in [5, 5.41) is 5.74. The number of hydrogen-bond acceptors (Lipinski definition) is 5. The molecule has 2 amide bonds. The number of amides is 2. The van der Waals surface area contributed by atoms with Gasteiger partial charge in [0.15, 0.2) is 0 Å². The van der Waals surface area contributed by atoms with Gasteiger partial charge in [-0.3, -0.25) is 10.1 Å². The number of ether oxygens (including phenoxy) is 1. The van der Waals surface area contributed by atoms with Gasteiger partial charge in [-0.05, 0) is 18.2 Å². The maximum atomic E-state index is 13.7. The summed E-state index contributed by atoms with van der Waals surface area (Å²) in [7, 11) is 1.18. The van der Waals surface area contributed by atoms with Gasteiger partial charge in [0.2, 0.25) is 0 Å². The maximum absolute atomic E-state index is 13.7. The van der Waals surface area contributed by atoms with Crippen molar-refractivity contribution >= 4 is 34.7 Å². The van der Waals surface area contributed by atoms with Crippen molar-refractivity contribution in [3.8, 4) is 0 Å². The summed E-state index contributed by atoms with van der Waals surface area (Å²) < 4.78 is 18.1. The molecule has 0 aliphatic rings. The van der Waals surface area contributed by atoms with Crippen molar-refractivity contribution < 1.29 is 18.7 Å². The summed E-state index contributed by atoms with van der Waals surface area (Å²) in [4.78, 5) is 28.2. The zero-order valence-electron chi connectivity index (χ0n) is 13.8. The molecule has 0 bridgehead atoms. The number of rotatable bonds is 3. The summed E-state index contributed by atoms with van der Waals surface area (Å²) in [5.41, 5.74) is 0.120. The molecule has 0 aliphatic heterocycles. The normalized spacial score (nSPS) is 11.0. The largest absolute Gasteiger partial charge is 0.453 e. The Morgan fingerprint density at radius 2 is 1.96 bits per heavy atom. The van der Waals surface area contributed by atoms with Crippen LogP contribution in [0.4, 0.5) is 20.6 Å². The van der Waals surface area contributed by atoms with Gasteiger partial charge in [0, 0.05) is 11.1 Å². The highest BCUT2D eigenvalue weighted by Gasteiger charge is 2.20. The molecule has 0 saturated heterocycles. The van der Waals surface area contributed by atoms with Gasteiger partial charge in [0.25, 0.3) is 5.91 Å². The molecule has 6 nitrogen and oxygen atoms in total. The number of hydrogen-bond donors (Lipinski definition) is 2. The smallest absolute Gasteiger partial charge is 0.411 e. The molecular formula is C16H18FN3O3S. The molecule has 0 fully saturated rings. The second-order valence-corrected chi connectivity index (χ2v) is 7.08. The monoisotopic (exact) mass is 351 g/mol. The van der Waals surface area contributed by atoms with Crippen LogP contribution in [-0.2, 0) is 10.2 Å². The van der Waals surface area contributed by atoms with Gasteiger partial charge < -0.3 is 10.1 Å². The van der Waals surface area contributed by atoms with Crippen LogP contribution in [0.2, 0.25) is 0 Å². The summed E-state index contributed by atoms with van der Waals surface area (Å²) in [6.07, 6.45) is 0.715. The first kappa shape index (κ1) is 17.9. The van der Waals surface area contributed by atoms with Crippen molar-refractivity contribution in [1.29, 1.82) is 0 Å². The Labute approximate surface area is 143 Å². The van der Waals surface area contributed by atoms with Gasteiger partial charge in [-0.1, -0.05) is 20.8 Å². The Kier molecular flexibility index (Phi) is 5.18. The molecule has 1 aromatic carbocycles. The molecule has 0 saturated carbocycles. The van der Waals surface area contributed by atoms with Crippen LogP contribution in [0, 0.1) is 5.82 Å². The number of carbonyl (C=O) groups excluding carboxylic acids is 2. The lowest BCUT2D eigenvalue weighted by molar-refractivity contribution is 0.103. The minimum Gasteiger partial charge on any atom is -0.453 e. The highest BCUT2D eigenvalue weighted by Crippen LogP contribution is 2.27. The van der Waals surface area contributed by atoms with Gasteiger partial charge in [0.1, 0.15) is 10.7 Å². The van der Waals surface area contributed by atoms with E-state index in [1.807, 2.05) is 20.8 Å². The third-order valence-electron chi connectivity index (χ3n) is 3.02. The van der Waals surface area contributed by atoms with Crippen molar-refractivity contribution in [3.63, 3.8) is 0 Å². The van der Waals surface area contributed by atoms with Gasteiger partial charge in [0.05, 0.1) is 24.0 Å². The number of carbonyl (C=O) groups is 2. The number of nitrogens with one attached hydrogen (secondary N) is 2. The fraction of sp³-hybridized carbons (Fsp3) is 0.312. The molecule has 0 aliphatic carbocycles. The number of thiazole rings is 1. The van der Waals surface area contributed by atoms with Gasteiger partial charge in [-0.15, -0.1) is 11.3 Å². The minimum absolute atomic E-state index is 0.0839. The fourth-order valence-electron chi connectivity index (χ4n) is 1.78. The third-order valence-corrected chi connectivity index (χ3v) is 4.44. The summed E-state index contributed by atoms with van der Waals surface area (Å²) in [6, 6.07) is 3.87. The SMILES string of the molecule is COC(=O)Nc1cc(NC(=O)c2cnc(C(C)(C)C)s2)ccc1F. The first-order valence-electron chi connectivity index (χ1n) is 7.13. The molecule has 0 atom stereocenters. The first-order valence-corrected chi connectivity index (χ1v) is 7.94. The number of anilines is 2. The van der Waals surface area contributed by atoms with Crippen LogP contribution < -0.4 is 10.6 Å². The van der Waals surface area contributed by atoms with Crippen molar-refractivity contribution in [2.45, 2.75) is 26.2 Å². The molecule has 1 heterocycles. The minimum atomic E-state index is -0.797. The lowest BCUT2D eigenvalue weighted by atomic mass is 9.98. The Morgan fingerprint density at radius 1 is 1.25 bits per heavy atom. The van der Waals surface area contributed by atoms with E-state index in [-0.39, 0.29) is 17.0 Å². The van der Waals surface area contributed by atoms with Crippen molar-refractivity contribution in [2.24, 2.45) is 0 Å². The number of halogens is 1. The average molecular weight is 351 g/mol. The summed E-state index contributed by atoms with van der Waals surface area (Å²) in [6.45, 7) is 6.04. The predicted octanol–water partition coefficient (Wildman–Crippen LogP) is 4.01. The van der Waals surface area contributed by atoms with E-state index in [2.05, 4.69) is 20.4 Å². The Bertz CT molecular complexity index is 768. The van der Waals surface area contributed by atoms with Crippen LogP contribution in [0.3, 0.4) is 0 Å². The summed E-state index contributed by atoms with van der Waals surface area (Å²) >= 11 is 1.30. The lowest BCUT2D eigenvalue weighted by Gasteiger charge is -2.13. The van der Waals surface area contributed by atoms with E-state index < -0.39 is 11.9 Å². The van der Waals surface area contributed by atoms with E-state index in [1.165, 1.54) is 36.8 Å². The first-order chi connectivity index (χ1) is 11.2. The number of aromatic nitrogens is 1. The van der Waals surface area contributed by atoms with Crippen LogP contribution in [-0.4, -0.2) is 24.1 Å². The van der Waals surface area contributed by atoms with Crippen molar-refractivity contribution in [2.75, 3.05) is 17.7 Å². The van der Waals surface area contributed by atoms with E-state index in [9.17, 15) is 14.0 Å². The predicted molar refractivity (Wildman–Crippen MR) is 91.2 cm³/mol. The van der Waals surface area contributed by atoms with Gasteiger partial charge in [-0.2, -0.15) is 0 Å². The van der Waals surface area contributed by atoms with Crippen LogP contribution in [0.25, 0.3) is 0 Å². The van der Waals surface area contributed by atoms with Crippen LogP contribution >= 0.6 is 11.3 Å². The molecule has 2 N–H and O–H groups in total. The Hall–Kier alpha value is -2.48. The molecule has 2 rings (SSSR count). The molecule has 128 valence electrons. The van der Waals surface area contributed by atoms with E-state index in [0.29, 0.717) is 10.6 Å². The van der Waals surface area contributed by atoms with Gasteiger partial charge in [-0.25, -0.2) is 14.2 Å². The summed E-state index contributed by atoms with van der Waals surface area (Å²) in [5.74, 6) is -0.982. The molecule has 0 unspecified atom stereocenters. The lowest BCUT2D eigenvalue weighted by Crippen LogP contribution is -2.14. The molecule has 1 aromatic heterocycles. The number of methoxy groups -OCH3 is 1. The second-order valence-electron chi connectivity index (χ2n) is 6.04. The highest BCUT2D eigenvalue weighted by molar-refractivity contribution is 7.13. The van der Waals surface area contributed by atoms with Crippen molar-refractivity contribution in [1.82, 2.24) is 4.98 Å². The maximum Gasteiger partial charge on any atom is 0.411 e. The molecule has 24 heavy (non-hydrogen) atoms. The molecule has 0 spiro atoms. The molecular weight excluding hydrogens is 333 g/mol. The highest BCUT2D eigenvalue weighted by atomic mass is 32.1. The average Bonchev–Trinajstić information content (AvgIpc) is 3.00. The Balaban J connectivity index is 2.15. The fourth-order valence-corrected chi connectivity index (χ4v) is 2.65. The number of nitrogens with zero attached hydrogens (tertiary/aromatic N) is 1. The van der Waals surface area contributed by atoms with Crippen LogP contribution in [0.1, 0.15) is 35.5 Å². The molecule has 8 heteroatoms. The molecule has 2 aromatic rings. The topological polar surface area (TPSA) is 80.3 Å². The van der Waals surface area contributed by atoms with E-state index in [0.717, 1.165) is 11.1 Å². The third kappa shape index (κ3) is 4.29. The van der Waals surface area contributed by atoms with Crippen LogP contribution in [0.5, 0.6) is 0 Å². The van der Waals surface area contributed by atoms with Crippen LogP contribution in [0.15, 0.2) is 24.4 Å². The van der Waals surface area contributed by atoms with Crippen molar-refractivity contribution in [3.05, 3.63) is 40.1 Å². The van der Waals surface area contributed by atoms with E-state index in [4.69, 9.17) is 0 Å². The van der Waals surface area contributed by atoms with Gasteiger partial charge >= 0.3 is 6.09 Å². The Morgan fingerprint density at radius 3 is 2.54 bits per heavy atom.